The summed E-state index contributed by atoms with van der Waals surface area (Å²) in [6.07, 6.45) is 9.67. The van der Waals surface area contributed by atoms with Gasteiger partial charge in [-0.05, 0) is 44.9 Å². The van der Waals surface area contributed by atoms with Crippen molar-refractivity contribution in [1.82, 2.24) is 9.97 Å². The Kier molecular flexibility index (Phi) is 6.22. The topological polar surface area (TPSA) is 61.7 Å². The van der Waals surface area contributed by atoms with Gasteiger partial charge >= 0.3 is 0 Å². The van der Waals surface area contributed by atoms with E-state index in [0.29, 0.717) is 24.1 Å². The third-order valence-corrected chi connectivity index (χ3v) is 6.04. The lowest BCUT2D eigenvalue weighted by Crippen LogP contribution is -2.33. The minimum absolute atomic E-state index is 0.0248. The van der Waals surface area contributed by atoms with Gasteiger partial charge < -0.3 is 19.6 Å². The molecule has 184 valence electrons. The molecule has 4 heterocycles. The highest BCUT2D eigenvalue weighted by molar-refractivity contribution is 6.30. The molecule has 0 saturated heterocycles. The van der Waals surface area contributed by atoms with Crippen LogP contribution >= 0.6 is 11.6 Å². The van der Waals surface area contributed by atoms with Gasteiger partial charge in [-0.2, -0.15) is 0 Å². The molecule has 0 bridgehead atoms. The van der Waals surface area contributed by atoms with Gasteiger partial charge in [0.25, 0.3) is 0 Å². The summed E-state index contributed by atoms with van der Waals surface area (Å²) in [7, 11) is 0. The van der Waals surface area contributed by atoms with E-state index in [0.717, 1.165) is 23.0 Å². The number of rotatable bonds is 6. The van der Waals surface area contributed by atoms with E-state index in [-0.39, 0.29) is 17.3 Å². The summed E-state index contributed by atoms with van der Waals surface area (Å²) in [4.78, 5) is 12.0. The zero-order valence-corrected chi connectivity index (χ0v) is 20.6. The summed E-state index contributed by atoms with van der Waals surface area (Å²) in [5.74, 6) is -1.38. The predicted molar refractivity (Wildman–Crippen MR) is 133 cm³/mol. The van der Waals surface area contributed by atoms with Crippen LogP contribution in [0.4, 0.5) is 20.3 Å². The number of hydrogen-bond donors (Lipinski definition) is 1. The predicted octanol–water partition coefficient (Wildman–Crippen LogP) is 5.49. The highest BCUT2D eigenvalue weighted by Gasteiger charge is 2.25. The van der Waals surface area contributed by atoms with Crippen molar-refractivity contribution in [3.8, 4) is 0 Å². The molecule has 2 aliphatic heterocycles. The van der Waals surface area contributed by atoms with Gasteiger partial charge in [0.2, 0.25) is 0 Å². The zero-order chi connectivity index (χ0) is 27.1. The van der Waals surface area contributed by atoms with Gasteiger partial charge in [-0.3, -0.25) is 4.98 Å². The van der Waals surface area contributed by atoms with Gasteiger partial charge in [0.05, 0.1) is 26.1 Å². The van der Waals surface area contributed by atoms with E-state index in [1.165, 1.54) is 0 Å². The number of halogens is 3. The summed E-state index contributed by atoms with van der Waals surface area (Å²) in [5.41, 5.74) is 1.63. The smallest absolute Gasteiger partial charge is 0.151 e. The third-order valence-electron chi connectivity index (χ3n) is 5.73. The van der Waals surface area contributed by atoms with E-state index < -0.39 is 29.5 Å². The van der Waals surface area contributed by atoms with Crippen LogP contribution in [0.25, 0.3) is 0 Å². The molecule has 2 aromatic rings. The van der Waals surface area contributed by atoms with Crippen LogP contribution < -0.4 is 9.80 Å². The molecule has 0 amide bonds. The summed E-state index contributed by atoms with van der Waals surface area (Å²) in [5, 5.41) is 10.6. The lowest BCUT2D eigenvalue weighted by molar-refractivity contribution is 0.118. The molecule has 35 heavy (non-hydrogen) atoms. The first kappa shape index (κ1) is 22.2. The molecule has 0 saturated carbocycles. The van der Waals surface area contributed by atoms with Crippen LogP contribution in [-0.2, 0) is 11.3 Å². The standard InChI is InChI=1S/C26H27ClF2N4O2/c1-16-11-31-25(32-7-5-6-18(13-32)26(3,4)34)10-23(16)33-14-20(27)24(8-17(33)2)35-15-22-21(29)9-19(28)12-30-22/h5-12,34H,13-15H2,1-4H3/i15D2. The molecule has 0 aromatic carbocycles. The number of ether oxygens (including phenoxy) is 1. The van der Waals surface area contributed by atoms with Crippen LogP contribution in [0.5, 0.6) is 0 Å². The molecule has 0 atom stereocenters. The van der Waals surface area contributed by atoms with Crippen LogP contribution in [0, 0.1) is 18.6 Å². The Morgan fingerprint density at radius 1 is 1.20 bits per heavy atom. The van der Waals surface area contributed by atoms with Crippen molar-refractivity contribution in [3.63, 3.8) is 0 Å². The largest absolute Gasteiger partial charge is 0.486 e. The van der Waals surface area contributed by atoms with E-state index in [1.54, 1.807) is 26.1 Å². The molecule has 0 fully saturated rings. The molecule has 0 radical (unpaired) electrons. The molecule has 2 aliphatic rings. The number of allylic oxidation sites excluding steroid dienone is 4. The maximum atomic E-state index is 14.2. The van der Waals surface area contributed by atoms with Crippen LogP contribution in [0.1, 0.15) is 34.8 Å². The summed E-state index contributed by atoms with van der Waals surface area (Å²) in [6.45, 7) is 5.17. The van der Waals surface area contributed by atoms with Crippen molar-refractivity contribution in [2.45, 2.75) is 39.9 Å². The van der Waals surface area contributed by atoms with Crippen molar-refractivity contribution in [2.75, 3.05) is 22.9 Å². The monoisotopic (exact) mass is 502 g/mol. The molecule has 2 aromatic heterocycles. The summed E-state index contributed by atoms with van der Waals surface area (Å²) in [6, 6.07) is 2.46. The van der Waals surface area contributed by atoms with Crippen molar-refractivity contribution >= 4 is 23.1 Å². The van der Waals surface area contributed by atoms with Gasteiger partial charge in [0.15, 0.2) is 5.82 Å². The Bertz CT molecular complexity index is 1350. The molecule has 6 nitrogen and oxygen atoms in total. The first-order valence-corrected chi connectivity index (χ1v) is 11.3. The highest BCUT2D eigenvalue weighted by Crippen LogP contribution is 2.34. The fourth-order valence-corrected chi connectivity index (χ4v) is 3.91. The molecule has 4 rings (SSSR count). The van der Waals surface area contributed by atoms with Gasteiger partial charge in [0, 0.05) is 48.5 Å². The molecule has 9 heteroatoms. The Morgan fingerprint density at radius 2 is 1.97 bits per heavy atom. The van der Waals surface area contributed by atoms with Crippen LogP contribution in [-0.4, -0.2) is 33.8 Å². The Labute approximate surface area is 211 Å². The fraction of sp³-hybridized carbons (Fsp3) is 0.308. The third kappa shape index (κ3) is 5.55. The second kappa shape index (κ2) is 9.79. The number of nitrogens with zero attached hydrogens (tertiary/aromatic N) is 4. The molecule has 0 unspecified atom stereocenters. The number of pyridine rings is 2. The van der Waals surface area contributed by atoms with E-state index in [2.05, 4.69) is 9.97 Å². The summed E-state index contributed by atoms with van der Waals surface area (Å²) < 4.78 is 49.1. The number of hydrogen-bond acceptors (Lipinski definition) is 6. The number of aromatic nitrogens is 2. The number of aliphatic hydroxyl groups is 1. The van der Waals surface area contributed by atoms with Gasteiger partial charge in [0.1, 0.15) is 29.6 Å². The molecule has 1 N–H and O–H groups in total. The fourth-order valence-electron chi connectivity index (χ4n) is 3.70. The zero-order valence-electron chi connectivity index (χ0n) is 21.8. The van der Waals surface area contributed by atoms with Crippen molar-refractivity contribution in [1.29, 1.82) is 0 Å². The van der Waals surface area contributed by atoms with E-state index in [1.807, 2.05) is 48.1 Å². The second-order valence-electron chi connectivity index (χ2n) is 8.88. The Balaban J connectivity index is 1.58. The summed E-state index contributed by atoms with van der Waals surface area (Å²) >= 11 is 6.52. The lowest BCUT2D eigenvalue weighted by atomic mass is 9.96. The quantitative estimate of drug-likeness (QED) is 0.564. The molecule has 0 spiro atoms. The molecular weight excluding hydrogens is 474 g/mol. The maximum Gasteiger partial charge on any atom is 0.151 e. The van der Waals surface area contributed by atoms with Crippen molar-refractivity contribution < 1.29 is 21.4 Å². The normalized spacial score (nSPS) is 17.7. The van der Waals surface area contributed by atoms with E-state index >= 15 is 0 Å². The average molecular weight is 503 g/mol. The Morgan fingerprint density at radius 3 is 2.69 bits per heavy atom. The maximum absolute atomic E-state index is 14.2. The highest BCUT2D eigenvalue weighted by atomic mass is 35.5. The van der Waals surface area contributed by atoms with Crippen LogP contribution in [0.3, 0.4) is 0 Å². The molecular formula is C26H27ClF2N4O2. The average Bonchev–Trinajstić information content (AvgIpc) is 2.81. The van der Waals surface area contributed by atoms with Gasteiger partial charge in [-0.1, -0.05) is 17.7 Å². The van der Waals surface area contributed by atoms with Crippen molar-refractivity contribution in [3.05, 3.63) is 93.9 Å². The Hall–Kier alpha value is -3.23. The van der Waals surface area contributed by atoms with Crippen LogP contribution in [0.15, 0.2) is 71.0 Å². The first-order chi connectivity index (χ1) is 17.3. The van der Waals surface area contributed by atoms with Gasteiger partial charge in [-0.15, -0.1) is 0 Å². The number of aryl methyl sites for hydroxylation is 1. The van der Waals surface area contributed by atoms with Crippen LogP contribution in [0.2, 0.25) is 0 Å². The first-order valence-electron chi connectivity index (χ1n) is 11.9. The lowest BCUT2D eigenvalue weighted by Gasteiger charge is -2.33. The minimum Gasteiger partial charge on any atom is -0.486 e. The van der Waals surface area contributed by atoms with Crippen molar-refractivity contribution in [2.24, 2.45) is 0 Å². The van der Waals surface area contributed by atoms with E-state index in [4.69, 9.17) is 19.1 Å². The second-order valence-corrected chi connectivity index (χ2v) is 9.33. The van der Waals surface area contributed by atoms with Gasteiger partial charge in [-0.25, -0.2) is 13.8 Å². The molecule has 0 aliphatic carbocycles. The number of anilines is 2. The minimum atomic E-state index is -2.68. The SMILES string of the molecule is [2H]C([2H])(OC1=C(Cl)CN(c2cc(N3C=CC=C(C(C)(C)O)C3)ncc2C)C(C)=C1)c1ncc(F)cc1F. The van der Waals surface area contributed by atoms with E-state index in [9.17, 15) is 13.9 Å².